The monoisotopic (exact) mass is 166 g/mol. The molecule has 1 nitrogen and oxygen atoms in total. The molecule has 0 aromatic carbocycles. The van der Waals surface area contributed by atoms with E-state index in [0.717, 1.165) is 36.5 Å². The molecule has 11 heavy (non-hydrogen) atoms. The molecular weight excluding hydrogens is 156 g/mol. The van der Waals surface area contributed by atoms with Crippen LogP contribution in [0.15, 0.2) is 23.5 Å². The van der Waals surface area contributed by atoms with Gasteiger partial charge in [0.2, 0.25) is 0 Å². The molecule has 0 bridgehead atoms. The zero-order chi connectivity index (χ0) is 7.68. The van der Waals surface area contributed by atoms with Crippen molar-refractivity contribution in [1.82, 2.24) is 0 Å². The van der Waals surface area contributed by atoms with Gasteiger partial charge in [-0.25, -0.2) is 0 Å². The van der Waals surface area contributed by atoms with E-state index in [1.807, 2.05) is 0 Å². The molecule has 1 heterocycles. The lowest BCUT2D eigenvalue weighted by Crippen LogP contribution is -2.11. The first kappa shape index (κ1) is 7.04. The van der Waals surface area contributed by atoms with Crippen molar-refractivity contribution in [1.29, 1.82) is 0 Å². The molecule has 0 aromatic rings. The predicted molar refractivity (Wildman–Crippen MR) is 48.6 cm³/mol. The molecule has 1 saturated heterocycles. The fourth-order valence-corrected chi connectivity index (χ4v) is 1.67. The van der Waals surface area contributed by atoms with Gasteiger partial charge in [-0.1, -0.05) is 12.2 Å². The van der Waals surface area contributed by atoms with Gasteiger partial charge in [0, 0.05) is 11.3 Å². The maximum absolute atomic E-state index is 5.46. The zero-order valence-electron chi connectivity index (χ0n) is 6.30. The van der Waals surface area contributed by atoms with Gasteiger partial charge in [0.1, 0.15) is 5.76 Å². The summed E-state index contributed by atoms with van der Waals surface area (Å²) in [4.78, 5) is 1.04. The average molecular weight is 166 g/mol. The number of ether oxygens (including phenoxy) is 1. The first-order valence-electron chi connectivity index (χ1n) is 3.93. The van der Waals surface area contributed by atoms with Crippen LogP contribution >= 0.6 is 12.2 Å². The Morgan fingerprint density at radius 1 is 1.45 bits per heavy atom. The summed E-state index contributed by atoms with van der Waals surface area (Å²) in [6.07, 6.45) is 7.33. The van der Waals surface area contributed by atoms with E-state index < -0.39 is 0 Å². The average Bonchev–Trinajstić information content (AvgIpc) is 2.04. The molecule has 0 saturated carbocycles. The van der Waals surface area contributed by atoms with Crippen LogP contribution in [-0.2, 0) is 4.74 Å². The third-order valence-electron chi connectivity index (χ3n) is 1.99. The third kappa shape index (κ3) is 1.36. The molecule has 1 fully saturated rings. The van der Waals surface area contributed by atoms with Crippen molar-refractivity contribution in [2.45, 2.75) is 19.3 Å². The second-order valence-corrected chi connectivity index (χ2v) is 3.38. The summed E-state index contributed by atoms with van der Waals surface area (Å²) in [6.45, 7) is 0.871. The highest BCUT2D eigenvalue weighted by atomic mass is 32.1. The summed E-state index contributed by atoms with van der Waals surface area (Å²) in [5.74, 6) is 1.07. The Bertz CT molecular complexity index is 250. The molecule has 0 radical (unpaired) electrons. The summed E-state index contributed by atoms with van der Waals surface area (Å²) in [6, 6.07) is 0. The number of hydrogen-bond donors (Lipinski definition) is 0. The molecule has 58 valence electrons. The lowest BCUT2D eigenvalue weighted by atomic mass is 9.99. The van der Waals surface area contributed by atoms with Crippen molar-refractivity contribution in [2.75, 3.05) is 6.61 Å². The van der Waals surface area contributed by atoms with Crippen molar-refractivity contribution in [2.24, 2.45) is 0 Å². The first-order chi connectivity index (χ1) is 5.36. The Balaban J connectivity index is 2.26. The smallest absolute Gasteiger partial charge is 0.118 e. The minimum absolute atomic E-state index is 0.871. The molecule has 0 amide bonds. The van der Waals surface area contributed by atoms with E-state index in [1.165, 1.54) is 5.57 Å². The van der Waals surface area contributed by atoms with Crippen LogP contribution in [0.2, 0.25) is 0 Å². The molecule has 2 rings (SSSR count). The number of rotatable bonds is 0. The largest absolute Gasteiger partial charge is 0.494 e. The van der Waals surface area contributed by atoms with Crippen molar-refractivity contribution < 1.29 is 4.74 Å². The maximum Gasteiger partial charge on any atom is 0.118 e. The zero-order valence-corrected chi connectivity index (χ0v) is 7.12. The van der Waals surface area contributed by atoms with E-state index in [2.05, 4.69) is 12.2 Å². The van der Waals surface area contributed by atoms with Gasteiger partial charge in [0.25, 0.3) is 0 Å². The summed E-state index contributed by atoms with van der Waals surface area (Å²) in [5, 5.41) is 0. The Kier molecular flexibility index (Phi) is 1.78. The first-order valence-corrected chi connectivity index (χ1v) is 4.34. The topological polar surface area (TPSA) is 9.23 Å². The van der Waals surface area contributed by atoms with Gasteiger partial charge in [-0.05, 0) is 30.6 Å². The lowest BCUT2D eigenvalue weighted by Gasteiger charge is -2.22. The molecule has 0 unspecified atom stereocenters. The van der Waals surface area contributed by atoms with Crippen molar-refractivity contribution >= 4 is 17.1 Å². The molecule has 1 aliphatic heterocycles. The van der Waals surface area contributed by atoms with Crippen LogP contribution in [0.1, 0.15) is 19.3 Å². The van der Waals surface area contributed by atoms with E-state index in [-0.39, 0.29) is 0 Å². The van der Waals surface area contributed by atoms with Crippen LogP contribution in [0.3, 0.4) is 0 Å². The molecule has 0 aromatic heterocycles. The van der Waals surface area contributed by atoms with Gasteiger partial charge in [0.15, 0.2) is 0 Å². The van der Waals surface area contributed by atoms with Crippen molar-refractivity contribution in [3.05, 3.63) is 23.5 Å². The van der Waals surface area contributed by atoms with Crippen molar-refractivity contribution in [3.8, 4) is 0 Å². The lowest BCUT2D eigenvalue weighted by molar-refractivity contribution is 0.193. The van der Waals surface area contributed by atoms with Gasteiger partial charge in [-0.2, -0.15) is 0 Å². The van der Waals surface area contributed by atoms with Crippen LogP contribution in [0.25, 0.3) is 0 Å². The van der Waals surface area contributed by atoms with Crippen LogP contribution < -0.4 is 0 Å². The van der Waals surface area contributed by atoms with E-state index in [1.54, 1.807) is 0 Å². The Morgan fingerprint density at radius 2 is 2.36 bits per heavy atom. The minimum Gasteiger partial charge on any atom is -0.494 e. The molecule has 2 aliphatic rings. The standard InChI is InChI=1S/C9H10OS/c11-8-3-4-9-7(6-8)2-1-5-10-9/h4,6H,1-3,5H2. The van der Waals surface area contributed by atoms with Crippen LogP contribution in [0.5, 0.6) is 0 Å². The fourth-order valence-electron chi connectivity index (χ4n) is 1.44. The summed E-state index contributed by atoms with van der Waals surface area (Å²) < 4.78 is 5.46. The number of hydrogen-bond acceptors (Lipinski definition) is 2. The summed E-state index contributed by atoms with van der Waals surface area (Å²) >= 11 is 5.10. The van der Waals surface area contributed by atoms with E-state index >= 15 is 0 Å². The molecule has 0 spiro atoms. The Labute approximate surface area is 71.7 Å². The third-order valence-corrected chi connectivity index (χ3v) is 2.27. The van der Waals surface area contributed by atoms with Gasteiger partial charge < -0.3 is 4.74 Å². The van der Waals surface area contributed by atoms with Crippen LogP contribution in [0, 0.1) is 0 Å². The molecular formula is C9H10OS. The number of allylic oxidation sites excluding steroid dienone is 3. The second-order valence-electron chi connectivity index (χ2n) is 2.86. The highest BCUT2D eigenvalue weighted by Gasteiger charge is 2.15. The van der Waals surface area contributed by atoms with Gasteiger partial charge in [0.05, 0.1) is 6.61 Å². The van der Waals surface area contributed by atoms with E-state index in [4.69, 9.17) is 17.0 Å². The minimum atomic E-state index is 0.871. The predicted octanol–water partition coefficient (Wildman–Crippen LogP) is 2.38. The van der Waals surface area contributed by atoms with Crippen molar-refractivity contribution in [3.63, 3.8) is 0 Å². The molecule has 1 aliphatic carbocycles. The quantitative estimate of drug-likeness (QED) is 0.511. The van der Waals surface area contributed by atoms with Crippen LogP contribution in [0.4, 0.5) is 0 Å². The molecule has 0 atom stereocenters. The molecule has 0 N–H and O–H groups in total. The number of thiocarbonyl (C=S) groups is 1. The Morgan fingerprint density at radius 3 is 3.27 bits per heavy atom. The highest BCUT2D eigenvalue weighted by molar-refractivity contribution is 7.80. The maximum atomic E-state index is 5.46. The fraction of sp³-hybridized carbons (Fsp3) is 0.444. The van der Waals surface area contributed by atoms with Crippen LogP contribution in [-0.4, -0.2) is 11.5 Å². The van der Waals surface area contributed by atoms with E-state index in [0.29, 0.717) is 0 Å². The highest BCUT2D eigenvalue weighted by Crippen LogP contribution is 2.26. The van der Waals surface area contributed by atoms with Gasteiger partial charge in [-0.3, -0.25) is 0 Å². The second kappa shape index (κ2) is 2.78. The Hall–Kier alpha value is -0.630. The molecule has 2 heteroatoms. The summed E-state index contributed by atoms with van der Waals surface area (Å²) in [7, 11) is 0. The normalized spacial score (nSPS) is 23.1. The van der Waals surface area contributed by atoms with Gasteiger partial charge >= 0.3 is 0 Å². The summed E-state index contributed by atoms with van der Waals surface area (Å²) in [5.41, 5.74) is 1.30. The van der Waals surface area contributed by atoms with Gasteiger partial charge in [-0.15, -0.1) is 0 Å². The SMILES string of the molecule is S=C1C=C2CCCOC2=CC1. The number of fused-ring (bicyclic) bond motifs is 1. The van der Waals surface area contributed by atoms with E-state index in [9.17, 15) is 0 Å².